The van der Waals surface area contributed by atoms with Gasteiger partial charge in [0.2, 0.25) is 0 Å². The molecule has 0 unspecified atom stereocenters. The van der Waals surface area contributed by atoms with Crippen LogP contribution in [0.25, 0.3) is 0 Å². The van der Waals surface area contributed by atoms with Crippen LogP contribution in [0.4, 0.5) is 0 Å². The van der Waals surface area contributed by atoms with Crippen molar-refractivity contribution in [2.24, 2.45) is 0 Å². The Labute approximate surface area is 42.7 Å². The Kier molecular flexibility index (Phi) is 33.2. The van der Waals surface area contributed by atoms with E-state index in [0.717, 1.165) is 0 Å². The fourth-order valence-corrected chi connectivity index (χ4v) is 0. The van der Waals surface area contributed by atoms with Crippen molar-refractivity contribution in [2.45, 2.75) is 0 Å². The van der Waals surface area contributed by atoms with Crippen LogP contribution in [0.2, 0.25) is 0 Å². The molecule has 5 heteroatoms. The van der Waals surface area contributed by atoms with Gasteiger partial charge < -0.3 is 9.90 Å². The van der Waals surface area contributed by atoms with Gasteiger partial charge in [0.15, 0.2) is 0 Å². The van der Waals surface area contributed by atoms with Crippen molar-refractivity contribution in [3.8, 4) is 0 Å². The molecule has 4 nitrogen and oxygen atoms in total. The molecule has 0 aromatic carbocycles. The van der Waals surface area contributed by atoms with Gasteiger partial charge in [0.05, 0.1) is 0 Å². The van der Waals surface area contributed by atoms with Crippen molar-refractivity contribution in [3.63, 3.8) is 0 Å². The summed E-state index contributed by atoms with van der Waals surface area (Å²) < 4.78 is 17.0. The van der Waals surface area contributed by atoms with Crippen molar-refractivity contribution >= 4 is 6.47 Å². The van der Waals surface area contributed by atoms with Crippen molar-refractivity contribution in [2.75, 3.05) is 0 Å². The van der Waals surface area contributed by atoms with Gasteiger partial charge in [0.25, 0.3) is 0 Å². The monoisotopic (exact) mass is 125 g/mol. The average Bonchev–Trinajstić information content (AvgIpc) is 1.39. The number of rotatable bonds is 0. The molecule has 0 saturated heterocycles. The van der Waals surface area contributed by atoms with E-state index >= 15 is 0 Å². The molecule has 6 heavy (non-hydrogen) atoms. The van der Waals surface area contributed by atoms with E-state index in [-0.39, 0.29) is 0 Å². The summed E-state index contributed by atoms with van der Waals surface area (Å²) in [5.74, 6) is 0. The van der Waals surface area contributed by atoms with Gasteiger partial charge in [0.1, 0.15) is 0 Å². The fraction of sp³-hybridized carbons (Fsp3) is 0. The second-order valence-corrected chi connectivity index (χ2v) is 0.435. The first-order valence-corrected chi connectivity index (χ1v) is 2.11. The van der Waals surface area contributed by atoms with E-state index in [1.807, 2.05) is 0 Å². The third-order valence-corrected chi connectivity index (χ3v) is 0. The van der Waals surface area contributed by atoms with Gasteiger partial charge in [-0.1, -0.05) is 6.47 Å². The Hall–Kier alpha value is -0.216. The van der Waals surface area contributed by atoms with E-state index in [9.17, 15) is 0 Å². The van der Waals surface area contributed by atoms with Crippen LogP contribution in [-0.4, -0.2) is 11.6 Å². The summed E-state index contributed by atoms with van der Waals surface area (Å²) in [6, 6.07) is 0. The van der Waals surface area contributed by atoms with Crippen molar-refractivity contribution in [1.29, 1.82) is 0 Å². The molecule has 0 rings (SSSR count). The Balaban J connectivity index is 0. The van der Waals surface area contributed by atoms with Crippen LogP contribution in [0, 0.1) is 0 Å². The summed E-state index contributed by atoms with van der Waals surface area (Å²) in [6.07, 6.45) is 0. The van der Waals surface area contributed by atoms with Crippen LogP contribution in [-0.2, 0) is 30.5 Å². The Morgan fingerprint density at radius 2 is 1.50 bits per heavy atom. The molecule has 0 amide bonds. The van der Waals surface area contributed by atoms with Crippen LogP contribution >= 0.6 is 0 Å². The SMILES string of the molecule is O=[C-]O.[O]=[Ti]=[O]. The molecule has 0 atom stereocenters. The zero-order valence-corrected chi connectivity index (χ0v) is 4.23. The standard InChI is InChI=1S/CHO2.2O.Ti/c2-1-3;;;/h(H,2,3);;;/q-1;;;. The van der Waals surface area contributed by atoms with Crippen molar-refractivity contribution in [1.82, 2.24) is 0 Å². The average molecular weight is 125 g/mol. The molecular formula is CHO4Ti-. The van der Waals surface area contributed by atoms with E-state index in [4.69, 9.17) is 16.6 Å². The molecular weight excluding hydrogens is 124 g/mol. The number of hydrogen-bond donors (Lipinski definition) is 1. The van der Waals surface area contributed by atoms with Crippen molar-refractivity contribution < 1.29 is 35.6 Å². The summed E-state index contributed by atoms with van der Waals surface area (Å²) >= 11 is -2.00. The summed E-state index contributed by atoms with van der Waals surface area (Å²) in [4.78, 5) is 8.24. The molecule has 0 aromatic rings. The molecule has 34 valence electrons. The molecule has 0 fully saturated rings. The van der Waals surface area contributed by atoms with Gasteiger partial charge in [-0.2, -0.15) is 0 Å². The molecule has 0 aliphatic carbocycles. The Morgan fingerprint density at radius 1 is 1.50 bits per heavy atom. The molecule has 0 spiro atoms. The molecule has 1 N–H and O–H groups in total. The van der Waals surface area contributed by atoms with E-state index in [1.165, 1.54) is 0 Å². The van der Waals surface area contributed by atoms with Gasteiger partial charge in [0, 0.05) is 0 Å². The predicted molar refractivity (Wildman–Crippen MR) is 9.70 cm³/mol. The first-order chi connectivity index (χ1) is 2.83. The van der Waals surface area contributed by atoms with Crippen LogP contribution in [0.1, 0.15) is 0 Å². The minimum atomic E-state index is -2.00. The van der Waals surface area contributed by atoms with Gasteiger partial charge in [-0.15, -0.1) is 0 Å². The topological polar surface area (TPSA) is 71.4 Å². The molecule has 0 bridgehead atoms. The van der Waals surface area contributed by atoms with Crippen LogP contribution in [0.15, 0.2) is 0 Å². The molecule has 0 aliphatic rings. The Morgan fingerprint density at radius 3 is 1.50 bits per heavy atom. The van der Waals surface area contributed by atoms with Crippen LogP contribution in [0.3, 0.4) is 0 Å². The van der Waals surface area contributed by atoms with Crippen molar-refractivity contribution in [3.05, 3.63) is 0 Å². The van der Waals surface area contributed by atoms with Crippen LogP contribution < -0.4 is 0 Å². The van der Waals surface area contributed by atoms with E-state index in [1.54, 1.807) is 0 Å². The third-order valence-electron chi connectivity index (χ3n) is 0. The van der Waals surface area contributed by atoms with Gasteiger partial charge in [-0.3, -0.25) is 0 Å². The van der Waals surface area contributed by atoms with Gasteiger partial charge in [-0.25, -0.2) is 0 Å². The quantitative estimate of drug-likeness (QED) is 0.345. The van der Waals surface area contributed by atoms with E-state index in [0.29, 0.717) is 6.47 Å². The second kappa shape index (κ2) is 21.5. The fourth-order valence-electron chi connectivity index (χ4n) is 0. The minimum absolute atomic E-state index is 0.500. The third kappa shape index (κ3) is 630. The number of aliphatic hydroxyl groups excluding tert-OH is 1. The van der Waals surface area contributed by atoms with Crippen LogP contribution in [0.5, 0.6) is 0 Å². The van der Waals surface area contributed by atoms with E-state index < -0.39 is 19.1 Å². The molecule has 0 radical (unpaired) electrons. The first-order valence-electron chi connectivity index (χ1n) is 0.836. The normalized spacial score (nSPS) is 3.33. The molecule has 0 aromatic heterocycles. The summed E-state index contributed by atoms with van der Waals surface area (Å²) in [5.41, 5.74) is 0. The van der Waals surface area contributed by atoms with Gasteiger partial charge >= 0.3 is 25.7 Å². The molecule has 0 aliphatic heterocycles. The Bertz CT molecular complexity index is 52.6. The summed E-state index contributed by atoms with van der Waals surface area (Å²) in [7, 11) is 0. The predicted octanol–water partition coefficient (Wildman–Crippen LogP) is -0.629. The van der Waals surface area contributed by atoms with Gasteiger partial charge in [-0.05, 0) is 0 Å². The molecule has 0 saturated carbocycles. The molecule has 0 heterocycles. The van der Waals surface area contributed by atoms with E-state index in [2.05, 4.69) is 0 Å². The summed E-state index contributed by atoms with van der Waals surface area (Å²) in [5, 5.41) is 6.76. The zero-order valence-electron chi connectivity index (χ0n) is 2.67. The zero-order chi connectivity index (χ0) is 5.41. The maximum atomic E-state index is 8.50. The summed E-state index contributed by atoms with van der Waals surface area (Å²) in [6.45, 7) is 0.500. The number of hydrogen-bond acceptors (Lipinski definition) is 3. The first kappa shape index (κ1) is 9.25. The second-order valence-electron chi connectivity index (χ2n) is 0.175. The maximum absolute atomic E-state index is 8.50.